The molecule has 1 aromatic carbocycles. The van der Waals surface area contributed by atoms with Crippen LogP contribution in [-0.4, -0.2) is 45.5 Å². The van der Waals surface area contributed by atoms with Crippen molar-refractivity contribution in [1.29, 1.82) is 0 Å². The van der Waals surface area contributed by atoms with Gasteiger partial charge in [-0.2, -0.15) is 0 Å². The molecule has 0 spiro atoms. The molecule has 118 valence electrons. The van der Waals surface area contributed by atoms with Gasteiger partial charge in [0.15, 0.2) is 17.3 Å². The first-order valence-electron chi connectivity index (χ1n) is 6.81. The van der Waals surface area contributed by atoms with E-state index >= 15 is 0 Å². The summed E-state index contributed by atoms with van der Waals surface area (Å²) in [5.41, 5.74) is 1.06. The average Bonchev–Trinajstić information content (AvgIpc) is 2.98. The molecule has 0 fully saturated rings. The van der Waals surface area contributed by atoms with Crippen molar-refractivity contribution in [2.45, 2.75) is 25.8 Å². The van der Waals surface area contributed by atoms with Crippen LogP contribution >= 0.6 is 0 Å². The normalized spacial score (nSPS) is 10.5. The lowest BCUT2D eigenvalue weighted by atomic mass is 10.1. The molecule has 0 amide bonds. The number of aromatic nitrogens is 4. The summed E-state index contributed by atoms with van der Waals surface area (Å²) in [6.45, 7) is 0.267. The number of methoxy groups -OCH3 is 2. The minimum absolute atomic E-state index is 0.00556. The Morgan fingerprint density at radius 3 is 2.68 bits per heavy atom. The van der Waals surface area contributed by atoms with Gasteiger partial charge in [-0.1, -0.05) is 6.07 Å². The summed E-state index contributed by atoms with van der Waals surface area (Å²) < 4.78 is 12.0. The molecule has 1 N–H and O–H groups in total. The van der Waals surface area contributed by atoms with Crippen LogP contribution in [0.3, 0.4) is 0 Å². The van der Waals surface area contributed by atoms with Gasteiger partial charge in [0.1, 0.15) is 0 Å². The van der Waals surface area contributed by atoms with Crippen LogP contribution in [0.1, 0.15) is 17.8 Å². The van der Waals surface area contributed by atoms with Crippen LogP contribution in [0.4, 0.5) is 0 Å². The van der Waals surface area contributed by atoms with Crippen molar-refractivity contribution < 1.29 is 19.4 Å². The molecule has 0 atom stereocenters. The number of benzene rings is 1. The first-order chi connectivity index (χ1) is 10.6. The number of ether oxygens (including phenoxy) is 2. The molecule has 0 radical (unpaired) electrons. The lowest BCUT2D eigenvalue weighted by molar-refractivity contribution is -0.137. The van der Waals surface area contributed by atoms with Gasteiger partial charge in [-0.15, -0.1) is 5.10 Å². The standard InChI is InChI=1S/C14H18N4O4/c1-21-11-5-3-10(9-12(11)22-2)4-6-13-15-16-17-18(13)8-7-14(19)20/h3,5,9H,4,6-8H2,1-2H3,(H,19,20). The van der Waals surface area contributed by atoms with Crippen LogP contribution in [0.25, 0.3) is 0 Å². The lowest BCUT2D eigenvalue weighted by Gasteiger charge is -2.09. The predicted octanol–water partition coefficient (Wildman–Crippen LogP) is 0.950. The molecule has 0 aliphatic heterocycles. The number of nitrogens with zero attached hydrogens (tertiary/aromatic N) is 4. The zero-order valence-corrected chi connectivity index (χ0v) is 12.5. The van der Waals surface area contributed by atoms with Crippen LogP contribution in [-0.2, 0) is 24.2 Å². The second kappa shape index (κ2) is 7.39. The predicted molar refractivity (Wildman–Crippen MR) is 77.0 cm³/mol. The van der Waals surface area contributed by atoms with E-state index in [4.69, 9.17) is 14.6 Å². The van der Waals surface area contributed by atoms with Gasteiger partial charge in [0.2, 0.25) is 0 Å². The fourth-order valence-corrected chi connectivity index (χ4v) is 2.07. The maximum Gasteiger partial charge on any atom is 0.305 e. The molecule has 0 bridgehead atoms. The van der Waals surface area contributed by atoms with Crippen LogP contribution < -0.4 is 9.47 Å². The van der Waals surface area contributed by atoms with E-state index in [1.165, 1.54) is 4.68 Å². The van der Waals surface area contributed by atoms with E-state index in [0.29, 0.717) is 30.2 Å². The Balaban J connectivity index is 2.01. The number of aliphatic carboxylic acids is 1. The number of carboxylic acids is 1. The van der Waals surface area contributed by atoms with Crippen molar-refractivity contribution in [1.82, 2.24) is 20.2 Å². The highest BCUT2D eigenvalue weighted by molar-refractivity contribution is 5.66. The minimum atomic E-state index is -0.874. The van der Waals surface area contributed by atoms with Gasteiger partial charge < -0.3 is 14.6 Å². The number of carboxylic acid groups (broad SMARTS) is 1. The summed E-state index contributed by atoms with van der Waals surface area (Å²) in [5.74, 6) is 1.14. The fourth-order valence-electron chi connectivity index (χ4n) is 2.07. The SMILES string of the molecule is COc1ccc(CCc2nnnn2CCC(=O)O)cc1OC. The van der Waals surface area contributed by atoms with Gasteiger partial charge in [0.05, 0.1) is 27.2 Å². The topological polar surface area (TPSA) is 99.4 Å². The molecule has 22 heavy (non-hydrogen) atoms. The quantitative estimate of drug-likeness (QED) is 0.775. The van der Waals surface area contributed by atoms with E-state index < -0.39 is 5.97 Å². The molecule has 0 aliphatic carbocycles. The van der Waals surface area contributed by atoms with Crippen molar-refractivity contribution in [3.63, 3.8) is 0 Å². The smallest absolute Gasteiger partial charge is 0.305 e. The van der Waals surface area contributed by atoms with Crippen molar-refractivity contribution in [2.24, 2.45) is 0 Å². The van der Waals surface area contributed by atoms with Crippen LogP contribution in [0, 0.1) is 0 Å². The van der Waals surface area contributed by atoms with Crippen molar-refractivity contribution >= 4 is 5.97 Å². The Hall–Kier alpha value is -2.64. The second-order valence-corrected chi connectivity index (χ2v) is 4.65. The monoisotopic (exact) mass is 306 g/mol. The van der Waals surface area contributed by atoms with E-state index in [-0.39, 0.29) is 13.0 Å². The van der Waals surface area contributed by atoms with Gasteiger partial charge in [0.25, 0.3) is 0 Å². The molecule has 1 heterocycles. The Bertz CT molecular complexity index is 642. The number of carbonyl (C=O) groups is 1. The first kappa shape index (κ1) is 15.7. The van der Waals surface area contributed by atoms with E-state index in [1.54, 1.807) is 14.2 Å². The summed E-state index contributed by atoms with van der Waals surface area (Å²) >= 11 is 0. The highest BCUT2D eigenvalue weighted by Crippen LogP contribution is 2.27. The average molecular weight is 306 g/mol. The van der Waals surface area contributed by atoms with Crippen molar-refractivity contribution in [3.8, 4) is 11.5 Å². The summed E-state index contributed by atoms with van der Waals surface area (Å²) in [7, 11) is 3.18. The molecule has 0 saturated carbocycles. The largest absolute Gasteiger partial charge is 0.493 e. The molecule has 8 heteroatoms. The number of hydrogen-bond acceptors (Lipinski definition) is 6. The molecule has 0 unspecified atom stereocenters. The molecular weight excluding hydrogens is 288 g/mol. The van der Waals surface area contributed by atoms with Crippen molar-refractivity contribution in [2.75, 3.05) is 14.2 Å². The molecule has 8 nitrogen and oxygen atoms in total. The van der Waals surface area contributed by atoms with Gasteiger partial charge >= 0.3 is 5.97 Å². The summed E-state index contributed by atoms with van der Waals surface area (Å²) in [4.78, 5) is 10.6. The Labute approximate surface area is 127 Å². The van der Waals surface area contributed by atoms with E-state index in [2.05, 4.69) is 15.5 Å². The van der Waals surface area contributed by atoms with Gasteiger partial charge in [-0.05, 0) is 34.5 Å². The van der Waals surface area contributed by atoms with E-state index in [0.717, 1.165) is 5.56 Å². The van der Waals surface area contributed by atoms with Crippen LogP contribution in [0.15, 0.2) is 18.2 Å². The zero-order valence-electron chi connectivity index (χ0n) is 12.5. The maximum absolute atomic E-state index is 10.6. The fraction of sp³-hybridized carbons (Fsp3) is 0.429. The van der Waals surface area contributed by atoms with Gasteiger partial charge in [0, 0.05) is 6.42 Å². The lowest BCUT2D eigenvalue weighted by Crippen LogP contribution is -2.10. The van der Waals surface area contributed by atoms with Gasteiger partial charge in [-0.25, -0.2) is 4.68 Å². The van der Waals surface area contributed by atoms with Crippen molar-refractivity contribution in [3.05, 3.63) is 29.6 Å². The molecule has 2 aromatic rings. The summed E-state index contributed by atoms with van der Waals surface area (Å²) in [5, 5.41) is 20.1. The Morgan fingerprint density at radius 1 is 1.23 bits per heavy atom. The zero-order chi connectivity index (χ0) is 15.9. The third-order valence-corrected chi connectivity index (χ3v) is 3.23. The van der Waals surface area contributed by atoms with E-state index in [1.807, 2.05) is 18.2 Å². The number of hydrogen-bond donors (Lipinski definition) is 1. The molecule has 0 aliphatic rings. The maximum atomic E-state index is 10.6. The number of rotatable bonds is 8. The minimum Gasteiger partial charge on any atom is -0.493 e. The molecule has 2 rings (SSSR count). The number of tetrazole rings is 1. The summed E-state index contributed by atoms with van der Waals surface area (Å²) in [6.07, 6.45) is 1.32. The second-order valence-electron chi connectivity index (χ2n) is 4.65. The van der Waals surface area contributed by atoms with Gasteiger partial charge in [-0.3, -0.25) is 4.79 Å². The van der Waals surface area contributed by atoms with Crippen LogP contribution in [0.2, 0.25) is 0 Å². The third-order valence-electron chi connectivity index (χ3n) is 3.23. The number of aryl methyl sites for hydroxylation is 3. The molecular formula is C14H18N4O4. The highest BCUT2D eigenvalue weighted by Gasteiger charge is 2.09. The Morgan fingerprint density at radius 2 is 2.00 bits per heavy atom. The first-order valence-corrected chi connectivity index (χ1v) is 6.81. The van der Waals surface area contributed by atoms with Crippen LogP contribution in [0.5, 0.6) is 11.5 Å². The Kier molecular flexibility index (Phi) is 5.29. The highest BCUT2D eigenvalue weighted by atomic mass is 16.5. The third kappa shape index (κ3) is 3.94. The van der Waals surface area contributed by atoms with E-state index in [9.17, 15) is 4.79 Å². The molecule has 0 saturated heterocycles. The summed E-state index contributed by atoms with van der Waals surface area (Å²) in [6, 6.07) is 5.71. The molecule has 1 aromatic heterocycles.